The normalized spacial score (nSPS) is 11.1. The second-order valence-corrected chi connectivity index (χ2v) is 5.43. The maximum atomic E-state index is 13.5. The number of anilines is 2. The number of nitrogens with zero attached hydrogens (tertiary/aromatic N) is 4. The number of rotatable bonds is 3. The summed E-state index contributed by atoms with van der Waals surface area (Å²) in [6.07, 6.45) is 1.57. The van der Waals surface area contributed by atoms with E-state index in [1.807, 2.05) is 13.8 Å². The fourth-order valence-electron chi connectivity index (χ4n) is 2.45. The Balaban J connectivity index is 1.88. The molecule has 0 saturated carbocycles. The molecule has 4 rings (SSSR count). The minimum atomic E-state index is -0.311. The Kier molecular flexibility index (Phi) is 3.26. The lowest BCUT2D eigenvalue weighted by atomic mass is 10.2. The SMILES string of the molecule is Cc1nc2nc(-c3ccco3)nn2c(Nc2cccc(F)c2)c1C. The van der Waals surface area contributed by atoms with Crippen LogP contribution in [0.15, 0.2) is 47.1 Å². The highest BCUT2D eigenvalue weighted by Gasteiger charge is 2.16. The molecular weight excluding hydrogens is 309 g/mol. The quantitative estimate of drug-likeness (QED) is 0.619. The van der Waals surface area contributed by atoms with Crippen molar-refractivity contribution in [2.45, 2.75) is 13.8 Å². The zero-order valence-electron chi connectivity index (χ0n) is 13.1. The molecule has 0 bridgehead atoms. The van der Waals surface area contributed by atoms with Crippen molar-refractivity contribution in [1.29, 1.82) is 0 Å². The third-order valence-corrected chi connectivity index (χ3v) is 3.80. The van der Waals surface area contributed by atoms with Gasteiger partial charge in [-0.2, -0.15) is 9.50 Å². The van der Waals surface area contributed by atoms with Gasteiger partial charge >= 0.3 is 0 Å². The van der Waals surface area contributed by atoms with E-state index in [1.54, 1.807) is 35.0 Å². The van der Waals surface area contributed by atoms with Crippen LogP contribution in [0.4, 0.5) is 15.9 Å². The van der Waals surface area contributed by atoms with Crippen LogP contribution in [-0.4, -0.2) is 19.6 Å². The monoisotopic (exact) mass is 323 g/mol. The zero-order chi connectivity index (χ0) is 16.7. The second-order valence-electron chi connectivity index (χ2n) is 5.43. The average Bonchev–Trinajstić information content (AvgIpc) is 3.20. The van der Waals surface area contributed by atoms with E-state index in [1.165, 1.54) is 12.1 Å². The summed E-state index contributed by atoms with van der Waals surface area (Å²) in [5, 5.41) is 7.67. The van der Waals surface area contributed by atoms with Gasteiger partial charge in [-0.25, -0.2) is 9.37 Å². The first-order valence-electron chi connectivity index (χ1n) is 7.42. The Morgan fingerprint density at radius 1 is 1.12 bits per heavy atom. The molecule has 0 unspecified atom stereocenters. The van der Waals surface area contributed by atoms with Gasteiger partial charge in [0.2, 0.25) is 5.82 Å². The summed E-state index contributed by atoms with van der Waals surface area (Å²) in [4.78, 5) is 8.87. The summed E-state index contributed by atoms with van der Waals surface area (Å²) in [6.45, 7) is 3.82. The topological polar surface area (TPSA) is 68.2 Å². The molecule has 0 fully saturated rings. The van der Waals surface area contributed by atoms with Crippen molar-refractivity contribution in [3.05, 3.63) is 59.7 Å². The average molecular weight is 323 g/mol. The van der Waals surface area contributed by atoms with Crippen molar-refractivity contribution >= 4 is 17.3 Å². The maximum Gasteiger partial charge on any atom is 0.255 e. The van der Waals surface area contributed by atoms with Gasteiger partial charge in [-0.3, -0.25) is 0 Å². The predicted octanol–water partition coefficient (Wildman–Crippen LogP) is 3.88. The minimum Gasteiger partial charge on any atom is -0.461 e. The number of aromatic nitrogens is 4. The Morgan fingerprint density at radius 3 is 2.75 bits per heavy atom. The predicted molar refractivity (Wildman–Crippen MR) is 87.6 cm³/mol. The number of fused-ring (bicyclic) bond motifs is 1. The third-order valence-electron chi connectivity index (χ3n) is 3.80. The molecule has 1 N–H and O–H groups in total. The van der Waals surface area contributed by atoms with E-state index in [4.69, 9.17) is 4.42 Å². The molecule has 0 atom stereocenters. The second kappa shape index (κ2) is 5.45. The molecule has 24 heavy (non-hydrogen) atoms. The smallest absolute Gasteiger partial charge is 0.255 e. The van der Waals surface area contributed by atoms with E-state index < -0.39 is 0 Å². The number of halogens is 1. The van der Waals surface area contributed by atoms with Crippen LogP contribution in [0.5, 0.6) is 0 Å². The lowest BCUT2D eigenvalue weighted by molar-refractivity contribution is 0.577. The van der Waals surface area contributed by atoms with E-state index >= 15 is 0 Å². The molecule has 0 saturated heterocycles. The highest BCUT2D eigenvalue weighted by Crippen LogP contribution is 2.25. The van der Waals surface area contributed by atoms with E-state index in [0.717, 1.165) is 11.3 Å². The fourth-order valence-corrected chi connectivity index (χ4v) is 2.45. The summed E-state index contributed by atoms with van der Waals surface area (Å²) in [5.74, 6) is 1.83. The first-order chi connectivity index (χ1) is 11.6. The number of aryl methyl sites for hydroxylation is 1. The summed E-state index contributed by atoms with van der Waals surface area (Å²) in [6, 6.07) is 9.81. The van der Waals surface area contributed by atoms with Crippen LogP contribution in [-0.2, 0) is 0 Å². The number of furan rings is 1. The first-order valence-corrected chi connectivity index (χ1v) is 7.42. The molecule has 4 aromatic rings. The molecule has 3 heterocycles. The Hall–Kier alpha value is -3.22. The standard InChI is InChI=1S/C17H14FN5O/c1-10-11(2)19-17-21-15(14-7-4-8-24-14)22-23(17)16(10)20-13-6-3-5-12(18)9-13/h3-9,20H,1-2H3. The number of nitrogens with one attached hydrogen (secondary N) is 1. The van der Waals surface area contributed by atoms with E-state index in [9.17, 15) is 4.39 Å². The molecular formula is C17H14FN5O. The van der Waals surface area contributed by atoms with Crippen molar-refractivity contribution in [1.82, 2.24) is 19.6 Å². The molecule has 7 heteroatoms. The highest BCUT2D eigenvalue weighted by molar-refractivity contribution is 5.63. The van der Waals surface area contributed by atoms with Gasteiger partial charge in [0.25, 0.3) is 5.78 Å². The molecule has 0 radical (unpaired) electrons. The Labute approximate surface area is 137 Å². The van der Waals surface area contributed by atoms with Gasteiger partial charge in [0, 0.05) is 16.9 Å². The minimum absolute atomic E-state index is 0.311. The molecule has 0 spiro atoms. The molecule has 0 aliphatic heterocycles. The van der Waals surface area contributed by atoms with Crippen LogP contribution in [0.25, 0.3) is 17.4 Å². The van der Waals surface area contributed by atoms with Gasteiger partial charge in [-0.1, -0.05) is 6.07 Å². The van der Waals surface area contributed by atoms with Gasteiger partial charge in [0.05, 0.1) is 6.26 Å². The summed E-state index contributed by atoms with van der Waals surface area (Å²) in [7, 11) is 0. The molecule has 0 aliphatic rings. The van der Waals surface area contributed by atoms with Crippen LogP contribution in [0, 0.1) is 19.7 Å². The van der Waals surface area contributed by atoms with Gasteiger partial charge in [0.15, 0.2) is 5.76 Å². The number of benzene rings is 1. The van der Waals surface area contributed by atoms with Crippen LogP contribution in [0.1, 0.15) is 11.3 Å². The maximum absolute atomic E-state index is 13.5. The molecule has 3 aromatic heterocycles. The van der Waals surface area contributed by atoms with Crippen molar-refractivity contribution in [2.24, 2.45) is 0 Å². The van der Waals surface area contributed by atoms with Gasteiger partial charge in [0.1, 0.15) is 11.6 Å². The molecule has 1 aromatic carbocycles. The summed E-state index contributed by atoms with van der Waals surface area (Å²) < 4.78 is 20.4. The van der Waals surface area contributed by atoms with Crippen LogP contribution in [0.2, 0.25) is 0 Å². The summed E-state index contributed by atoms with van der Waals surface area (Å²) >= 11 is 0. The van der Waals surface area contributed by atoms with Gasteiger partial charge in [-0.15, -0.1) is 5.10 Å². The molecule has 0 aliphatic carbocycles. The number of hydrogen-bond donors (Lipinski definition) is 1. The van der Waals surface area contributed by atoms with E-state index in [-0.39, 0.29) is 5.82 Å². The summed E-state index contributed by atoms with van der Waals surface area (Å²) in [5.41, 5.74) is 2.35. The van der Waals surface area contributed by atoms with Gasteiger partial charge < -0.3 is 9.73 Å². The molecule has 120 valence electrons. The van der Waals surface area contributed by atoms with E-state index in [0.29, 0.717) is 28.9 Å². The zero-order valence-corrected chi connectivity index (χ0v) is 13.1. The van der Waals surface area contributed by atoms with Crippen molar-refractivity contribution < 1.29 is 8.81 Å². The fraction of sp³-hybridized carbons (Fsp3) is 0.118. The number of hydrogen-bond acceptors (Lipinski definition) is 5. The largest absolute Gasteiger partial charge is 0.461 e. The van der Waals surface area contributed by atoms with Crippen LogP contribution in [0.3, 0.4) is 0 Å². The highest BCUT2D eigenvalue weighted by atomic mass is 19.1. The lowest BCUT2D eigenvalue weighted by Crippen LogP contribution is -2.06. The third kappa shape index (κ3) is 2.40. The Morgan fingerprint density at radius 2 is 2.00 bits per heavy atom. The van der Waals surface area contributed by atoms with Crippen LogP contribution < -0.4 is 5.32 Å². The lowest BCUT2D eigenvalue weighted by Gasteiger charge is -2.12. The van der Waals surface area contributed by atoms with Crippen LogP contribution >= 0.6 is 0 Å². The van der Waals surface area contributed by atoms with E-state index in [2.05, 4.69) is 20.4 Å². The Bertz CT molecular complexity index is 1020. The first kappa shape index (κ1) is 14.4. The molecule has 6 nitrogen and oxygen atoms in total. The van der Waals surface area contributed by atoms with Gasteiger partial charge in [-0.05, 0) is 44.2 Å². The van der Waals surface area contributed by atoms with Crippen molar-refractivity contribution in [3.63, 3.8) is 0 Å². The van der Waals surface area contributed by atoms with Crippen molar-refractivity contribution in [2.75, 3.05) is 5.32 Å². The molecule has 0 amide bonds. The van der Waals surface area contributed by atoms with Crippen molar-refractivity contribution in [3.8, 4) is 11.6 Å².